The van der Waals surface area contributed by atoms with Crippen LogP contribution in [-0.4, -0.2) is 53.0 Å². The Balaban J connectivity index is 1.29. The summed E-state index contributed by atoms with van der Waals surface area (Å²) < 4.78 is 7.51. The molecule has 0 atom stereocenters. The average molecular weight is 496 g/mol. The number of nitrogens with zero attached hydrogens (tertiary/aromatic N) is 7. The maximum atomic E-state index is 13.2. The van der Waals surface area contributed by atoms with Crippen LogP contribution in [0.15, 0.2) is 52.0 Å². The maximum Gasteiger partial charge on any atom is 0.249 e. The number of carbonyl (C=O) groups excluding carboxylic acids is 1. The molecule has 2 aromatic heterocycles. The van der Waals surface area contributed by atoms with E-state index in [2.05, 4.69) is 25.7 Å². The first kappa shape index (κ1) is 22.5. The molecule has 0 radical (unpaired) electrons. The van der Waals surface area contributed by atoms with Gasteiger partial charge in [-0.15, -0.1) is 15.3 Å². The van der Waals surface area contributed by atoms with Crippen LogP contribution in [-0.2, 0) is 11.3 Å². The SMILES string of the molecule is Cc1cccc(C)c1-n1nnnc1SCC(=O)N(Cc1nnc(-c2ccccc2Cl)o1)C1CC1. The molecular weight excluding hydrogens is 474 g/mol. The van der Waals surface area contributed by atoms with E-state index in [9.17, 15) is 4.79 Å². The van der Waals surface area contributed by atoms with Gasteiger partial charge in [0.15, 0.2) is 0 Å². The highest BCUT2D eigenvalue weighted by Gasteiger charge is 2.34. The van der Waals surface area contributed by atoms with Gasteiger partial charge < -0.3 is 9.32 Å². The standard InChI is InChI=1S/C23H22ClN7O2S/c1-14-6-5-7-15(2)21(14)31-23(27-28-29-31)34-13-20(32)30(16-10-11-16)12-19-25-26-22(33-19)17-8-3-4-9-18(17)24/h3-9,16H,10-13H2,1-2H3. The number of benzene rings is 2. The summed E-state index contributed by atoms with van der Waals surface area (Å²) in [6.07, 6.45) is 1.92. The van der Waals surface area contributed by atoms with Crippen molar-refractivity contribution in [3.8, 4) is 17.1 Å². The van der Waals surface area contributed by atoms with Crippen molar-refractivity contribution in [2.24, 2.45) is 0 Å². The minimum atomic E-state index is -0.0268. The van der Waals surface area contributed by atoms with E-state index < -0.39 is 0 Å². The quantitative estimate of drug-likeness (QED) is 0.334. The lowest BCUT2D eigenvalue weighted by molar-refractivity contribution is -0.129. The highest BCUT2D eigenvalue weighted by molar-refractivity contribution is 7.99. The van der Waals surface area contributed by atoms with Crippen LogP contribution in [0.2, 0.25) is 5.02 Å². The van der Waals surface area contributed by atoms with Crippen molar-refractivity contribution in [2.45, 2.75) is 44.4 Å². The lowest BCUT2D eigenvalue weighted by atomic mass is 10.1. The van der Waals surface area contributed by atoms with Gasteiger partial charge in [0.25, 0.3) is 0 Å². The van der Waals surface area contributed by atoms with Crippen LogP contribution in [0.4, 0.5) is 0 Å². The zero-order valence-corrected chi connectivity index (χ0v) is 20.3. The number of hydrogen-bond acceptors (Lipinski definition) is 8. The fourth-order valence-electron chi connectivity index (χ4n) is 3.77. The predicted molar refractivity (Wildman–Crippen MR) is 128 cm³/mol. The van der Waals surface area contributed by atoms with E-state index in [1.54, 1.807) is 15.6 Å². The second-order valence-corrected chi connectivity index (χ2v) is 9.49. The zero-order chi connectivity index (χ0) is 23.7. The van der Waals surface area contributed by atoms with Gasteiger partial charge in [-0.1, -0.05) is 53.7 Å². The Morgan fingerprint density at radius 1 is 1.12 bits per heavy atom. The Labute approximate surface area is 205 Å². The number of para-hydroxylation sites is 1. The molecule has 11 heteroatoms. The van der Waals surface area contributed by atoms with Crippen LogP contribution < -0.4 is 0 Å². The maximum absolute atomic E-state index is 13.2. The lowest BCUT2D eigenvalue weighted by Gasteiger charge is -2.20. The third-order valence-corrected chi connectivity index (χ3v) is 6.84. The molecule has 0 saturated heterocycles. The summed E-state index contributed by atoms with van der Waals surface area (Å²) in [5.41, 5.74) is 3.72. The van der Waals surface area contributed by atoms with Crippen molar-refractivity contribution in [1.29, 1.82) is 0 Å². The predicted octanol–water partition coefficient (Wildman–Crippen LogP) is 4.27. The molecule has 34 heavy (non-hydrogen) atoms. The molecule has 2 aromatic carbocycles. The lowest BCUT2D eigenvalue weighted by Crippen LogP contribution is -2.34. The molecule has 0 unspecified atom stereocenters. The normalized spacial score (nSPS) is 13.3. The zero-order valence-electron chi connectivity index (χ0n) is 18.7. The largest absolute Gasteiger partial charge is 0.419 e. The van der Waals surface area contributed by atoms with Crippen molar-refractivity contribution in [3.05, 3.63) is 64.5 Å². The summed E-state index contributed by atoms with van der Waals surface area (Å²) in [4.78, 5) is 14.9. The number of halogens is 1. The Kier molecular flexibility index (Phi) is 6.34. The molecule has 1 amide bonds. The smallest absolute Gasteiger partial charge is 0.249 e. The molecule has 2 heterocycles. The number of thioether (sulfide) groups is 1. The van der Waals surface area contributed by atoms with Gasteiger partial charge in [0, 0.05) is 6.04 Å². The second kappa shape index (κ2) is 9.55. The van der Waals surface area contributed by atoms with Gasteiger partial charge in [0.2, 0.25) is 22.8 Å². The van der Waals surface area contributed by atoms with Gasteiger partial charge in [-0.2, -0.15) is 4.68 Å². The first-order valence-corrected chi connectivity index (χ1v) is 12.2. The number of rotatable bonds is 8. The molecule has 1 aliphatic carbocycles. The van der Waals surface area contributed by atoms with Gasteiger partial charge in [-0.25, -0.2) is 0 Å². The molecular formula is C23H22ClN7O2S. The fourth-order valence-corrected chi connectivity index (χ4v) is 4.75. The van der Waals surface area contributed by atoms with Crippen LogP contribution in [0, 0.1) is 13.8 Å². The van der Waals surface area contributed by atoms with Gasteiger partial charge in [-0.05, 0) is 60.4 Å². The van der Waals surface area contributed by atoms with Crippen LogP contribution in [0.3, 0.4) is 0 Å². The summed E-state index contributed by atoms with van der Waals surface area (Å²) in [6.45, 7) is 4.28. The first-order chi connectivity index (χ1) is 16.5. The minimum Gasteiger partial charge on any atom is -0.419 e. The van der Waals surface area contributed by atoms with Crippen LogP contribution >= 0.6 is 23.4 Å². The monoisotopic (exact) mass is 495 g/mol. The molecule has 1 saturated carbocycles. The van der Waals surface area contributed by atoms with Crippen molar-refractivity contribution in [1.82, 2.24) is 35.3 Å². The van der Waals surface area contributed by atoms with Gasteiger partial charge in [0.1, 0.15) is 0 Å². The molecule has 1 fully saturated rings. The molecule has 0 N–H and O–H groups in total. The Morgan fingerprint density at radius 3 is 2.62 bits per heavy atom. The van der Waals surface area contributed by atoms with E-state index in [0.29, 0.717) is 27.5 Å². The number of tetrazole rings is 1. The average Bonchev–Trinajstić information content (AvgIpc) is 3.38. The summed E-state index contributed by atoms with van der Waals surface area (Å²) in [6, 6.07) is 13.5. The summed E-state index contributed by atoms with van der Waals surface area (Å²) in [5, 5.41) is 21.5. The van der Waals surface area contributed by atoms with Crippen molar-refractivity contribution in [3.63, 3.8) is 0 Å². The Morgan fingerprint density at radius 2 is 1.88 bits per heavy atom. The Hall–Kier alpha value is -3.24. The highest BCUT2D eigenvalue weighted by Crippen LogP contribution is 2.31. The van der Waals surface area contributed by atoms with E-state index in [1.807, 2.05) is 50.2 Å². The number of carbonyl (C=O) groups is 1. The molecule has 1 aliphatic rings. The van der Waals surface area contributed by atoms with Crippen molar-refractivity contribution >= 4 is 29.3 Å². The number of aromatic nitrogens is 6. The molecule has 4 aromatic rings. The number of hydrogen-bond donors (Lipinski definition) is 0. The van der Waals surface area contributed by atoms with E-state index in [4.69, 9.17) is 16.0 Å². The first-order valence-electron chi connectivity index (χ1n) is 10.9. The highest BCUT2D eigenvalue weighted by atomic mass is 35.5. The van der Waals surface area contributed by atoms with Crippen LogP contribution in [0.25, 0.3) is 17.1 Å². The van der Waals surface area contributed by atoms with E-state index in [-0.39, 0.29) is 24.2 Å². The molecule has 0 spiro atoms. The van der Waals surface area contributed by atoms with Gasteiger partial charge in [-0.3, -0.25) is 4.79 Å². The third-order valence-electron chi connectivity index (χ3n) is 5.60. The molecule has 0 bridgehead atoms. The van der Waals surface area contributed by atoms with E-state index in [1.165, 1.54) is 11.8 Å². The molecule has 9 nitrogen and oxygen atoms in total. The topological polar surface area (TPSA) is 103 Å². The van der Waals surface area contributed by atoms with E-state index >= 15 is 0 Å². The van der Waals surface area contributed by atoms with E-state index in [0.717, 1.165) is 29.7 Å². The summed E-state index contributed by atoms with van der Waals surface area (Å²) >= 11 is 7.55. The van der Waals surface area contributed by atoms with Crippen LogP contribution in [0.1, 0.15) is 29.9 Å². The van der Waals surface area contributed by atoms with Gasteiger partial charge >= 0.3 is 0 Å². The fraction of sp³-hybridized carbons (Fsp3) is 0.304. The molecule has 5 rings (SSSR count). The van der Waals surface area contributed by atoms with Crippen molar-refractivity contribution < 1.29 is 9.21 Å². The summed E-state index contributed by atoms with van der Waals surface area (Å²) in [5.74, 6) is 0.889. The number of amides is 1. The summed E-state index contributed by atoms with van der Waals surface area (Å²) in [7, 11) is 0. The van der Waals surface area contributed by atoms with Gasteiger partial charge in [0.05, 0.1) is 28.6 Å². The second-order valence-electron chi connectivity index (χ2n) is 8.14. The minimum absolute atomic E-state index is 0.0268. The molecule has 0 aliphatic heterocycles. The van der Waals surface area contributed by atoms with Crippen molar-refractivity contribution in [2.75, 3.05) is 5.75 Å². The van der Waals surface area contributed by atoms with Crippen LogP contribution in [0.5, 0.6) is 0 Å². The third kappa shape index (κ3) is 4.69. The number of aryl methyl sites for hydroxylation is 2. The molecule has 174 valence electrons. The Bertz CT molecular complexity index is 1310.